The quantitative estimate of drug-likeness (QED) is 0.654. The lowest BCUT2D eigenvalue weighted by atomic mass is 9.81. The van der Waals surface area contributed by atoms with Crippen molar-refractivity contribution in [1.82, 2.24) is 5.32 Å². The number of benzene rings is 1. The molecule has 19 heavy (non-hydrogen) atoms. The van der Waals surface area contributed by atoms with Crippen LogP contribution in [-0.2, 0) is 16.0 Å². The van der Waals surface area contributed by atoms with Crippen LogP contribution in [0.2, 0.25) is 0 Å². The molecule has 1 heterocycles. The third-order valence-electron chi connectivity index (χ3n) is 3.89. The molecule has 104 valence electrons. The fraction of sp³-hybridized carbons (Fsp3) is 0.562. The van der Waals surface area contributed by atoms with Crippen LogP contribution in [0.4, 0.5) is 0 Å². The van der Waals surface area contributed by atoms with Gasteiger partial charge in [-0.3, -0.25) is 4.79 Å². The summed E-state index contributed by atoms with van der Waals surface area (Å²) in [4.78, 5) is 12.1. The van der Waals surface area contributed by atoms with Crippen LogP contribution in [-0.4, -0.2) is 25.7 Å². The van der Waals surface area contributed by atoms with Gasteiger partial charge < -0.3 is 10.1 Å². The Hall–Kier alpha value is -1.35. The van der Waals surface area contributed by atoms with Gasteiger partial charge >= 0.3 is 5.97 Å². The summed E-state index contributed by atoms with van der Waals surface area (Å²) in [5.74, 6) is -0.0259. The molecule has 2 rings (SSSR count). The van der Waals surface area contributed by atoms with Crippen molar-refractivity contribution < 1.29 is 9.53 Å². The third kappa shape index (κ3) is 4.06. The Labute approximate surface area is 115 Å². The van der Waals surface area contributed by atoms with E-state index in [9.17, 15) is 4.79 Å². The van der Waals surface area contributed by atoms with Crippen LogP contribution in [0.3, 0.4) is 0 Å². The van der Waals surface area contributed by atoms with Gasteiger partial charge in [-0.05, 0) is 51.3 Å². The SMILES string of the molecule is CC1(C(=O)OCCCc2ccccc2)CCNCC1. The van der Waals surface area contributed by atoms with Gasteiger partial charge in [0.1, 0.15) is 0 Å². The van der Waals surface area contributed by atoms with E-state index in [0.29, 0.717) is 6.61 Å². The first-order valence-corrected chi connectivity index (χ1v) is 7.13. The number of rotatable bonds is 5. The van der Waals surface area contributed by atoms with Crippen molar-refractivity contribution in [2.45, 2.75) is 32.6 Å². The van der Waals surface area contributed by atoms with E-state index < -0.39 is 0 Å². The van der Waals surface area contributed by atoms with E-state index in [2.05, 4.69) is 17.4 Å². The van der Waals surface area contributed by atoms with E-state index in [1.165, 1.54) is 5.56 Å². The molecule has 3 heteroatoms. The molecule has 1 N–H and O–H groups in total. The lowest BCUT2D eigenvalue weighted by Gasteiger charge is -2.31. The molecule has 3 nitrogen and oxygen atoms in total. The number of piperidine rings is 1. The van der Waals surface area contributed by atoms with Crippen molar-refractivity contribution in [1.29, 1.82) is 0 Å². The molecular formula is C16H23NO2. The maximum Gasteiger partial charge on any atom is 0.311 e. The molecule has 1 aromatic carbocycles. The zero-order valence-electron chi connectivity index (χ0n) is 11.7. The summed E-state index contributed by atoms with van der Waals surface area (Å²) in [6.45, 7) is 4.37. The summed E-state index contributed by atoms with van der Waals surface area (Å²) in [6.07, 6.45) is 3.62. The van der Waals surface area contributed by atoms with Gasteiger partial charge in [0.2, 0.25) is 0 Å². The van der Waals surface area contributed by atoms with Crippen molar-refractivity contribution in [2.75, 3.05) is 19.7 Å². The first kappa shape index (κ1) is 14.1. The second-order valence-electron chi connectivity index (χ2n) is 5.54. The van der Waals surface area contributed by atoms with Crippen LogP contribution >= 0.6 is 0 Å². The lowest BCUT2D eigenvalue weighted by Crippen LogP contribution is -2.41. The van der Waals surface area contributed by atoms with Crippen molar-refractivity contribution in [3.8, 4) is 0 Å². The molecule has 0 atom stereocenters. The third-order valence-corrected chi connectivity index (χ3v) is 3.89. The summed E-state index contributed by atoms with van der Waals surface area (Å²) in [5, 5.41) is 3.28. The van der Waals surface area contributed by atoms with E-state index in [1.54, 1.807) is 0 Å². The Kier molecular flexibility index (Phi) is 4.97. The van der Waals surface area contributed by atoms with Crippen molar-refractivity contribution in [2.24, 2.45) is 5.41 Å². The van der Waals surface area contributed by atoms with Crippen LogP contribution in [0.15, 0.2) is 30.3 Å². The Bertz CT molecular complexity index is 396. The van der Waals surface area contributed by atoms with Crippen LogP contribution in [0.25, 0.3) is 0 Å². The van der Waals surface area contributed by atoms with E-state index in [1.807, 2.05) is 25.1 Å². The first-order valence-electron chi connectivity index (χ1n) is 7.13. The average Bonchev–Trinajstić information content (AvgIpc) is 2.45. The molecule has 0 bridgehead atoms. The Morgan fingerprint density at radius 3 is 2.63 bits per heavy atom. The van der Waals surface area contributed by atoms with Crippen LogP contribution < -0.4 is 5.32 Å². The molecule has 0 aromatic heterocycles. The maximum atomic E-state index is 12.1. The highest BCUT2D eigenvalue weighted by atomic mass is 16.5. The highest BCUT2D eigenvalue weighted by molar-refractivity contribution is 5.76. The minimum atomic E-state index is -0.280. The number of carbonyl (C=O) groups is 1. The number of ether oxygens (including phenoxy) is 1. The van der Waals surface area contributed by atoms with Gasteiger partial charge in [-0.15, -0.1) is 0 Å². The number of esters is 1. The zero-order chi connectivity index (χ0) is 13.6. The first-order chi connectivity index (χ1) is 9.21. The lowest BCUT2D eigenvalue weighted by molar-refractivity contribution is -0.156. The summed E-state index contributed by atoms with van der Waals surface area (Å²) < 4.78 is 5.44. The van der Waals surface area contributed by atoms with Gasteiger partial charge in [-0.1, -0.05) is 30.3 Å². The normalized spacial score (nSPS) is 17.9. The molecule has 1 aliphatic heterocycles. The molecule has 0 spiro atoms. The fourth-order valence-corrected chi connectivity index (χ4v) is 2.44. The van der Waals surface area contributed by atoms with Gasteiger partial charge in [0, 0.05) is 0 Å². The van der Waals surface area contributed by atoms with Crippen LogP contribution in [0.1, 0.15) is 31.7 Å². The fourth-order valence-electron chi connectivity index (χ4n) is 2.44. The summed E-state index contributed by atoms with van der Waals surface area (Å²) >= 11 is 0. The van der Waals surface area contributed by atoms with Gasteiger partial charge in [0.25, 0.3) is 0 Å². The largest absolute Gasteiger partial charge is 0.465 e. The van der Waals surface area contributed by atoms with Crippen molar-refractivity contribution in [3.05, 3.63) is 35.9 Å². The van der Waals surface area contributed by atoms with E-state index in [0.717, 1.165) is 38.8 Å². The van der Waals surface area contributed by atoms with Crippen LogP contribution in [0, 0.1) is 5.41 Å². The molecule has 1 saturated heterocycles. The number of hydrogen-bond acceptors (Lipinski definition) is 3. The molecule has 0 saturated carbocycles. The second kappa shape index (κ2) is 6.71. The summed E-state index contributed by atoms with van der Waals surface area (Å²) in [6, 6.07) is 10.3. The molecular weight excluding hydrogens is 238 g/mol. The Morgan fingerprint density at radius 1 is 1.26 bits per heavy atom. The van der Waals surface area contributed by atoms with E-state index in [4.69, 9.17) is 4.74 Å². The Morgan fingerprint density at radius 2 is 1.95 bits per heavy atom. The molecule has 0 aliphatic carbocycles. The number of aryl methyl sites for hydroxylation is 1. The predicted octanol–water partition coefficient (Wildman–Crippen LogP) is 2.55. The monoisotopic (exact) mass is 261 g/mol. The number of hydrogen-bond donors (Lipinski definition) is 1. The number of nitrogens with one attached hydrogen (secondary N) is 1. The van der Waals surface area contributed by atoms with Gasteiger partial charge in [0.15, 0.2) is 0 Å². The average molecular weight is 261 g/mol. The van der Waals surface area contributed by atoms with E-state index >= 15 is 0 Å². The minimum absolute atomic E-state index is 0.0259. The van der Waals surface area contributed by atoms with Gasteiger partial charge in [-0.25, -0.2) is 0 Å². The Balaban J connectivity index is 1.69. The second-order valence-corrected chi connectivity index (χ2v) is 5.54. The standard InChI is InChI=1S/C16H23NO2/c1-16(9-11-17-12-10-16)15(18)19-13-5-8-14-6-3-2-4-7-14/h2-4,6-7,17H,5,8-13H2,1H3. The highest BCUT2D eigenvalue weighted by Crippen LogP contribution is 2.29. The van der Waals surface area contributed by atoms with Crippen molar-refractivity contribution in [3.63, 3.8) is 0 Å². The molecule has 0 amide bonds. The molecule has 1 fully saturated rings. The molecule has 1 aromatic rings. The summed E-state index contributed by atoms with van der Waals surface area (Å²) in [7, 11) is 0. The molecule has 0 radical (unpaired) electrons. The van der Waals surface area contributed by atoms with E-state index in [-0.39, 0.29) is 11.4 Å². The topological polar surface area (TPSA) is 38.3 Å². The summed E-state index contributed by atoms with van der Waals surface area (Å²) in [5.41, 5.74) is 1.02. The predicted molar refractivity (Wildman–Crippen MR) is 75.9 cm³/mol. The highest BCUT2D eigenvalue weighted by Gasteiger charge is 2.35. The van der Waals surface area contributed by atoms with Crippen molar-refractivity contribution >= 4 is 5.97 Å². The minimum Gasteiger partial charge on any atom is -0.465 e. The van der Waals surface area contributed by atoms with Crippen LogP contribution in [0.5, 0.6) is 0 Å². The molecule has 1 aliphatic rings. The van der Waals surface area contributed by atoms with Gasteiger partial charge in [0.05, 0.1) is 12.0 Å². The maximum absolute atomic E-state index is 12.1. The number of carbonyl (C=O) groups excluding carboxylic acids is 1. The zero-order valence-corrected chi connectivity index (χ0v) is 11.7. The molecule has 0 unspecified atom stereocenters. The smallest absolute Gasteiger partial charge is 0.311 e. The van der Waals surface area contributed by atoms with Gasteiger partial charge in [-0.2, -0.15) is 0 Å².